The summed E-state index contributed by atoms with van der Waals surface area (Å²) in [6, 6.07) is 5.27. The van der Waals surface area contributed by atoms with Gasteiger partial charge in [-0.25, -0.2) is 0 Å². The lowest BCUT2D eigenvalue weighted by Crippen LogP contribution is -2.44. The van der Waals surface area contributed by atoms with Gasteiger partial charge in [0.15, 0.2) is 0 Å². The Labute approximate surface area is 127 Å². The Morgan fingerprint density at radius 3 is 2.75 bits per heavy atom. The van der Waals surface area contributed by atoms with Crippen molar-refractivity contribution in [2.45, 2.75) is 57.5 Å². The fourth-order valence-electron chi connectivity index (χ4n) is 3.64. The van der Waals surface area contributed by atoms with Gasteiger partial charge in [-0.1, -0.05) is 25.3 Å². The first-order valence-electron chi connectivity index (χ1n) is 8.20. The molecular weight excluding hydrogens is 264 g/mol. The predicted octanol–water partition coefficient (Wildman–Crippen LogP) is 3.88. The summed E-state index contributed by atoms with van der Waals surface area (Å²) in [6.07, 6.45) is 9.95. The molecule has 1 heterocycles. The van der Waals surface area contributed by atoms with Crippen LogP contribution in [0.2, 0.25) is 0 Å². The van der Waals surface area contributed by atoms with Gasteiger partial charge < -0.3 is 10.2 Å². The highest BCUT2D eigenvalue weighted by molar-refractivity contribution is 7.09. The minimum atomic E-state index is 0.535. The van der Waals surface area contributed by atoms with E-state index in [1.165, 1.54) is 62.9 Å². The van der Waals surface area contributed by atoms with Gasteiger partial charge in [-0.2, -0.15) is 0 Å². The second kappa shape index (κ2) is 6.59. The van der Waals surface area contributed by atoms with E-state index >= 15 is 0 Å². The predicted molar refractivity (Wildman–Crippen MR) is 87.2 cm³/mol. The van der Waals surface area contributed by atoms with E-state index in [1.807, 2.05) is 11.3 Å². The number of hydrogen-bond acceptors (Lipinski definition) is 3. The zero-order chi connectivity index (χ0) is 13.8. The lowest BCUT2D eigenvalue weighted by Gasteiger charge is -2.40. The van der Waals surface area contributed by atoms with Crippen molar-refractivity contribution in [1.82, 2.24) is 10.2 Å². The van der Waals surface area contributed by atoms with Crippen molar-refractivity contribution in [3.63, 3.8) is 0 Å². The van der Waals surface area contributed by atoms with Crippen LogP contribution in [0.4, 0.5) is 0 Å². The molecule has 0 aromatic carbocycles. The zero-order valence-corrected chi connectivity index (χ0v) is 13.6. The lowest BCUT2D eigenvalue weighted by molar-refractivity contribution is 0.114. The molecule has 1 aromatic rings. The molecule has 1 N–H and O–H groups in total. The van der Waals surface area contributed by atoms with Gasteiger partial charge in [0.05, 0.1) is 0 Å². The summed E-state index contributed by atoms with van der Waals surface area (Å²) in [5.74, 6) is 0. The van der Waals surface area contributed by atoms with E-state index in [1.54, 1.807) is 0 Å². The minimum absolute atomic E-state index is 0.535. The van der Waals surface area contributed by atoms with Crippen molar-refractivity contribution in [3.8, 4) is 0 Å². The van der Waals surface area contributed by atoms with Crippen LogP contribution in [0.1, 0.15) is 49.8 Å². The Kier molecular flexibility index (Phi) is 4.79. The molecule has 3 rings (SSSR count). The molecule has 2 aliphatic rings. The van der Waals surface area contributed by atoms with Gasteiger partial charge in [0.2, 0.25) is 0 Å². The van der Waals surface area contributed by atoms with Crippen LogP contribution >= 0.6 is 11.3 Å². The maximum Gasteiger partial charge on any atom is 0.0325 e. The summed E-state index contributed by atoms with van der Waals surface area (Å²) in [7, 11) is 2.30. The fourth-order valence-corrected chi connectivity index (χ4v) is 4.42. The molecule has 0 unspecified atom stereocenters. The van der Waals surface area contributed by atoms with Crippen LogP contribution in [0.25, 0.3) is 0 Å². The van der Waals surface area contributed by atoms with Crippen molar-refractivity contribution in [1.29, 1.82) is 0 Å². The Morgan fingerprint density at radius 2 is 2.10 bits per heavy atom. The Hall–Kier alpha value is -0.380. The topological polar surface area (TPSA) is 15.3 Å². The first-order valence-corrected chi connectivity index (χ1v) is 9.08. The van der Waals surface area contributed by atoms with Gasteiger partial charge in [-0.05, 0) is 49.6 Å². The van der Waals surface area contributed by atoms with Crippen molar-refractivity contribution in [2.24, 2.45) is 5.41 Å². The monoisotopic (exact) mass is 292 g/mol. The highest BCUT2D eigenvalue weighted by Crippen LogP contribution is 2.37. The lowest BCUT2D eigenvalue weighted by atomic mass is 9.73. The SMILES string of the molecule is CN(Cc1cccs1)CC1(CNC2CC2)CCCCC1. The summed E-state index contributed by atoms with van der Waals surface area (Å²) >= 11 is 1.88. The van der Waals surface area contributed by atoms with E-state index in [9.17, 15) is 0 Å². The van der Waals surface area contributed by atoms with Crippen LogP contribution in [0, 0.1) is 5.41 Å². The Bertz CT molecular complexity index is 391. The van der Waals surface area contributed by atoms with E-state index in [0.29, 0.717) is 5.41 Å². The summed E-state index contributed by atoms with van der Waals surface area (Å²) in [6.45, 7) is 3.61. The number of nitrogens with one attached hydrogen (secondary N) is 1. The summed E-state index contributed by atoms with van der Waals surface area (Å²) in [4.78, 5) is 4.04. The molecule has 2 aliphatic carbocycles. The molecule has 1 aromatic heterocycles. The summed E-state index contributed by atoms with van der Waals surface area (Å²) in [5, 5.41) is 6.00. The zero-order valence-electron chi connectivity index (χ0n) is 12.7. The smallest absolute Gasteiger partial charge is 0.0325 e. The van der Waals surface area contributed by atoms with Crippen LogP contribution < -0.4 is 5.32 Å². The molecule has 0 amide bonds. The van der Waals surface area contributed by atoms with Crippen molar-refractivity contribution < 1.29 is 0 Å². The average Bonchev–Trinajstić information content (AvgIpc) is 3.15. The van der Waals surface area contributed by atoms with Gasteiger partial charge in [-0.3, -0.25) is 0 Å². The van der Waals surface area contributed by atoms with Crippen molar-refractivity contribution in [2.75, 3.05) is 20.1 Å². The molecule has 112 valence electrons. The molecule has 0 spiro atoms. The third-order valence-electron chi connectivity index (χ3n) is 4.87. The Morgan fingerprint density at radius 1 is 1.30 bits per heavy atom. The van der Waals surface area contributed by atoms with E-state index in [2.05, 4.69) is 34.8 Å². The molecular formula is C17H28N2S. The number of rotatable bonds is 7. The number of thiophene rings is 1. The van der Waals surface area contributed by atoms with E-state index in [4.69, 9.17) is 0 Å². The fraction of sp³-hybridized carbons (Fsp3) is 0.765. The first-order chi connectivity index (χ1) is 9.76. The maximum absolute atomic E-state index is 3.81. The average molecular weight is 292 g/mol. The molecule has 0 aliphatic heterocycles. The third-order valence-corrected chi connectivity index (χ3v) is 5.73. The standard InChI is InChI=1S/C17H28N2S/c1-19(12-16-6-5-11-20-16)14-17(9-3-2-4-10-17)13-18-15-7-8-15/h5-6,11,15,18H,2-4,7-10,12-14H2,1H3. The quantitative estimate of drug-likeness (QED) is 0.820. The molecule has 0 atom stereocenters. The van der Waals surface area contributed by atoms with Crippen molar-refractivity contribution in [3.05, 3.63) is 22.4 Å². The number of nitrogens with zero attached hydrogens (tertiary/aromatic N) is 1. The van der Waals surface area contributed by atoms with Crippen LogP contribution in [0.3, 0.4) is 0 Å². The Balaban J connectivity index is 1.56. The van der Waals surface area contributed by atoms with Crippen LogP contribution in [-0.4, -0.2) is 31.1 Å². The van der Waals surface area contributed by atoms with Gasteiger partial charge >= 0.3 is 0 Å². The molecule has 0 bridgehead atoms. The molecule has 20 heavy (non-hydrogen) atoms. The van der Waals surface area contributed by atoms with E-state index in [0.717, 1.165) is 12.6 Å². The van der Waals surface area contributed by atoms with Crippen LogP contribution in [0.15, 0.2) is 17.5 Å². The van der Waals surface area contributed by atoms with Gasteiger partial charge in [0.1, 0.15) is 0 Å². The van der Waals surface area contributed by atoms with Crippen LogP contribution in [0.5, 0.6) is 0 Å². The second-order valence-corrected chi connectivity index (χ2v) is 8.00. The van der Waals surface area contributed by atoms with Crippen molar-refractivity contribution >= 4 is 11.3 Å². The highest BCUT2D eigenvalue weighted by Gasteiger charge is 2.34. The highest BCUT2D eigenvalue weighted by atomic mass is 32.1. The molecule has 0 radical (unpaired) electrons. The molecule has 3 heteroatoms. The number of hydrogen-bond donors (Lipinski definition) is 1. The first kappa shape index (κ1) is 14.6. The summed E-state index contributed by atoms with van der Waals surface area (Å²) in [5.41, 5.74) is 0.535. The summed E-state index contributed by atoms with van der Waals surface area (Å²) < 4.78 is 0. The van der Waals surface area contributed by atoms with E-state index in [-0.39, 0.29) is 0 Å². The van der Waals surface area contributed by atoms with Gasteiger partial charge in [0, 0.05) is 30.6 Å². The van der Waals surface area contributed by atoms with E-state index < -0.39 is 0 Å². The molecule has 2 nitrogen and oxygen atoms in total. The minimum Gasteiger partial charge on any atom is -0.313 e. The van der Waals surface area contributed by atoms with Crippen LogP contribution in [-0.2, 0) is 6.54 Å². The van der Waals surface area contributed by atoms with Gasteiger partial charge in [0.25, 0.3) is 0 Å². The maximum atomic E-state index is 3.81. The van der Waals surface area contributed by atoms with Gasteiger partial charge in [-0.15, -0.1) is 11.3 Å². The second-order valence-electron chi connectivity index (χ2n) is 6.97. The normalized spacial score (nSPS) is 22.3. The molecule has 2 fully saturated rings. The third kappa shape index (κ3) is 4.06. The molecule has 2 saturated carbocycles. The molecule has 0 saturated heterocycles. The largest absolute Gasteiger partial charge is 0.313 e.